The van der Waals surface area contributed by atoms with Gasteiger partial charge in [-0.25, -0.2) is 0 Å². The van der Waals surface area contributed by atoms with Crippen LogP contribution < -0.4 is 10.1 Å². The molecule has 100 valence electrons. The van der Waals surface area contributed by atoms with Crippen LogP contribution >= 0.6 is 11.8 Å². The van der Waals surface area contributed by atoms with Crippen LogP contribution in [-0.2, 0) is 6.54 Å². The van der Waals surface area contributed by atoms with Gasteiger partial charge in [0.05, 0.1) is 7.11 Å². The summed E-state index contributed by atoms with van der Waals surface area (Å²) in [6.07, 6.45) is 2.05. The summed E-state index contributed by atoms with van der Waals surface area (Å²) in [6.45, 7) is 0.556. The summed E-state index contributed by atoms with van der Waals surface area (Å²) >= 11 is 1.69. The lowest BCUT2D eigenvalue weighted by atomic mass is 10.2. The fourth-order valence-electron chi connectivity index (χ4n) is 1.86. The molecule has 3 nitrogen and oxygen atoms in total. The molecule has 0 unspecified atom stereocenters. The lowest BCUT2D eigenvalue weighted by Gasteiger charge is -2.12. The van der Waals surface area contributed by atoms with Crippen molar-refractivity contribution in [3.63, 3.8) is 0 Å². The number of thioether (sulfide) groups is 1. The Morgan fingerprint density at radius 3 is 2.68 bits per heavy atom. The molecule has 0 saturated heterocycles. The zero-order valence-electron chi connectivity index (χ0n) is 11.0. The molecule has 0 aromatic heterocycles. The highest BCUT2D eigenvalue weighted by Gasteiger charge is 2.07. The molecule has 0 aliphatic carbocycles. The Bertz CT molecular complexity index is 558. The van der Waals surface area contributed by atoms with Crippen LogP contribution in [0.25, 0.3) is 0 Å². The van der Waals surface area contributed by atoms with Crippen LogP contribution in [0.3, 0.4) is 0 Å². The van der Waals surface area contributed by atoms with E-state index in [0.717, 1.165) is 11.3 Å². The number of hydrogen-bond acceptors (Lipinski definition) is 4. The summed E-state index contributed by atoms with van der Waals surface area (Å²) in [5.74, 6) is 0.691. The monoisotopic (exact) mass is 275 g/mol. The molecule has 2 rings (SSSR count). The van der Waals surface area contributed by atoms with Gasteiger partial charge in [-0.2, -0.15) is 0 Å². The Morgan fingerprint density at radius 2 is 1.95 bits per heavy atom. The zero-order valence-corrected chi connectivity index (χ0v) is 11.8. The molecule has 0 heterocycles. The fourth-order valence-corrected chi connectivity index (χ4v) is 2.43. The number of phenolic OH excluding ortho intramolecular Hbond substituents is 1. The first-order valence-electron chi connectivity index (χ1n) is 5.98. The minimum Gasteiger partial charge on any atom is -0.504 e. The van der Waals surface area contributed by atoms with Crippen LogP contribution in [0.4, 0.5) is 5.69 Å². The Kier molecular flexibility index (Phi) is 4.58. The first-order chi connectivity index (χ1) is 9.26. The van der Waals surface area contributed by atoms with Crippen LogP contribution in [0, 0.1) is 0 Å². The van der Waals surface area contributed by atoms with Gasteiger partial charge in [0.1, 0.15) is 0 Å². The topological polar surface area (TPSA) is 41.5 Å². The molecular formula is C15H17NO2S. The normalized spacial score (nSPS) is 10.2. The zero-order chi connectivity index (χ0) is 13.7. The molecule has 0 aliphatic rings. The van der Waals surface area contributed by atoms with Gasteiger partial charge in [-0.1, -0.05) is 24.3 Å². The summed E-state index contributed by atoms with van der Waals surface area (Å²) in [5.41, 5.74) is 1.88. The number of ether oxygens (including phenoxy) is 1. The van der Waals surface area contributed by atoms with Crippen LogP contribution in [0.15, 0.2) is 47.4 Å². The molecule has 0 atom stereocenters. The van der Waals surface area contributed by atoms with Crippen molar-refractivity contribution in [2.45, 2.75) is 11.4 Å². The highest BCUT2D eigenvalue weighted by atomic mass is 32.2. The third kappa shape index (κ3) is 3.15. The number of para-hydroxylation sites is 2. The summed E-state index contributed by atoms with van der Waals surface area (Å²) in [7, 11) is 1.55. The van der Waals surface area contributed by atoms with Crippen molar-refractivity contribution in [3.8, 4) is 11.5 Å². The number of aromatic hydroxyl groups is 1. The summed E-state index contributed by atoms with van der Waals surface area (Å²) < 4.78 is 5.10. The fraction of sp³-hybridized carbons (Fsp3) is 0.200. The van der Waals surface area contributed by atoms with E-state index < -0.39 is 0 Å². The number of nitrogens with one attached hydrogen (secondary N) is 1. The largest absolute Gasteiger partial charge is 0.504 e. The maximum absolute atomic E-state index is 10.0. The number of phenols is 1. The number of hydrogen-bond donors (Lipinski definition) is 2. The summed E-state index contributed by atoms with van der Waals surface area (Å²) in [5, 5.41) is 13.4. The van der Waals surface area contributed by atoms with E-state index in [2.05, 4.69) is 11.4 Å². The molecule has 2 aromatic rings. The number of anilines is 1. The molecule has 0 radical (unpaired) electrons. The average Bonchev–Trinajstić information content (AvgIpc) is 2.46. The molecule has 0 amide bonds. The number of benzene rings is 2. The summed E-state index contributed by atoms with van der Waals surface area (Å²) in [4.78, 5) is 1.19. The second kappa shape index (κ2) is 6.38. The second-order valence-corrected chi connectivity index (χ2v) is 4.87. The first kappa shape index (κ1) is 13.6. The average molecular weight is 275 g/mol. The second-order valence-electron chi connectivity index (χ2n) is 4.02. The van der Waals surface area contributed by atoms with Crippen LogP contribution in [-0.4, -0.2) is 18.5 Å². The van der Waals surface area contributed by atoms with Crippen molar-refractivity contribution in [2.24, 2.45) is 0 Å². The Hall–Kier alpha value is -1.81. The molecular weight excluding hydrogens is 258 g/mol. The maximum Gasteiger partial charge on any atom is 0.162 e. The lowest BCUT2D eigenvalue weighted by molar-refractivity contribution is 0.371. The highest BCUT2D eigenvalue weighted by molar-refractivity contribution is 7.98. The van der Waals surface area contributed by atoms with Crippen LogP contribution in [0.5, 0.6) is 11.5 Å². The van der Waals surface area contributed by atoms with Gasteiger partial charge < -0.3 is 15.2 Å². The molecule has 0 saturated carbocycles. The third-order valence-corrected chi connectivity index (χ3v) is 3.67. The predicted molar refractivity (Wildman–Crippen MR) is 80.2 cm³/mol. The third-order valence-electron chi connectivity index (χ3n) is 2.88. The quantitative estimate of drug-likeness (QED) is 0.816. The van der Waals surface area contributed by atoms with Gasteiger partial charge in [-0.3, -0.25) is 0 Å². The van der Waals surface area contributed by atoms with Crippen molar-refractivity contribution in [3.05, 3.63) is 48.0 Å². The Balaban J connectivity index is 2.15. The standard InChI is InChI=1S/C15H17NO2S/c1-18-13-8-5-6-11(15(13)17)10-16-12-7-3-4-9-14(12)19-2/h3-9,16-17H,10H2,1-2H3. The van der Waals surface area contributed by atoms with Gasteiger partial charge in [0, 0.05) is 22.7 Å². The van der Waals surface area contributed by atoms with Gasteiger partial charge in [0.15, 0.2) is 11.5 Å². The van der Waals surface area contributed by atoms with Gasteiger partial charge in [-0.15, -0.1) is 11.8 Å². The van der Waals surface area contributed by atoms with E-state index in [1.807, 2.05) is 36.6 Å². The van der Waals surface area contributed by atoms with E-state index in [9.17, 15) is 5.11 Å². The van der Waals surface area contributed by atoms with Crippen LogP contribution in [0.1, 0.15) is 5.56 Å². The number of methoxy groups -OCH3 is 1. The predicted octanol–water partition coefficient (Wildman–Crippen LogP) is 3.73. The minimum atomic E-state index is 0.194. The Labute approximate surface area is 117 Å². The molecule has 0 spiro atoms. The molecule has 0 aliphatic heterocycles. The van der Waals surface area contributed by atoms with Crippen molar-refractivity contribution in [2.75, 3.05) is 18.7 Å². The van der Waals surface area contributed by atoms with Gasteiger partial charge in [0.2, 0.25) is 0 Å². The summed E-state index contributed by atoms with van der Waals surface area (Å²) in [6, 6.07) is 13.6. The van der Waals surface area contributed by atoms with Gasteiger partial charge >= 0.3 is 0 Å². The molecule has 4 heteroatoms. The van der Waals surface area contributed by atoms with Crippen LogP contribution in [0.2, 0.25) is 0 Å². The van der Waals surface area contributed by atoms with Crippen molar-refractivity contribution in [1.82, 2.24) is 0 Å². The van der Waals surface area contributed by atoms with E-state index in [0.29, 0.717) is 12.3 Å². The molecule has 2 aromatic carbocycles. The molecule has 19 heavy (non-hydrogen) atoms. The van der Waals surface area contributed by atoms with Crippen molar-refractivity contribution in [1.29, 1.82) is 0 Å². The van der Waals surface area contributed by atoms with E-state index in [1.54, 1.807) is 24.9 Å². The molecule has 0 bridgehead atoms. The molecule has 2 N–H and O–H groups in total. The van der Waals surface area contributed by atoms with E-state index in [-0.39, 0.29) is 5.75 Å². The smallest absolute Gasteiger partial charge is 0.162 e. The highest BCUT2D eigenvalue weighted by Crippen LogP contribution is 2.31. The Morgan fingerprint density at radius 1 is 1.16 bits per heavy atom. The van der Waals surface area contributed by atoms with E-state index >= 15 is 0 Å². The SMILES string of the molecule is COc1cccc(CNc2ccccc2SC)c1O. The van der Waals surface area contributed by atoms with Gasteiger partial charge in [-0.05, 0) is 24.5 Å². The van der Waals surface area contributed by atoms with E-state index in [4.69, 9.17) is 4.74 Å². The van der Waals surface area contributed by atoms with E-state index in [1.165, 1.54) is 4.90 Å². The molecule has 0 fully saturated rings. The number of rotatable bonds is 5. The van der Waals surface area contributed by atoms with Crippen molar-refractivity contribution < 1.29 is 9.84 Å². The maximum atomic E-state index is 10.0. The lowest BCUT2D eigenvalue weighted by Crippen LogP contribution is -2.01. The van der Waals surface area contributed by atoms with Gasteiger partial charge in [0.25, 0.3) is 0 Å². The first-order valence-corrected chi connectivity index (χ1v) is 7.20. The van der Waals surface area contributed by atoms with Crippen molar-refractivity contribution >= 4 is 17.4 Å². The minimum absolute atomic E-state index is 0.194.